The molecule has 7 heteroatoms. The van der Waals surface area contributed by atoms with Crippen molar-refractivity contribution in [3.8, 4) is 0 Å². The molecule has 0 unspecified atom stereocenters. The van der Waals surface area contributed by atoms with Crippen LogP contribution in [0.3, 0.4) is 0 Å². The molecule has 2 aromatic rings. The molecule has 0 aliphatic carbocycles. The Morgan fingerprint density at radius 3 is 2.71 bits per heavy atom. The molecule has 0 spiro atoms. The molecule has 0 saturated carbocycles. The highest BCUT2D eigenvalue weighted by atomic mass is 32.2. The van der Waals surface area contributed by atoms with Gasteiger partial charge in [0.1, 0.15) is 15.9 Å². The van der Waals surface area contributed by atoms with E-state index in [-0.39, 0.29) is 0 Å². The number of hydrogen-bond acceptors (Lipinski definition) is 7. The summed E-state index contributed by atoms with van der Waals surface area (Å²) in [4.78, 5) is 16.9. The Morgan fingerprint density at radius 2 is 2.06 bits per heavy atom. The predicted octanol–water partition coefficient (Wildman–Crippen LogP) is 2.18. The molecule has 5 nitrogen and oxygen atoms in total. The Bertz CT molecular complexity index is 469. The molecule has 0 aromatic carbocycles. The van der Waals surface area contributed by atoms with Gasteiger partial charge in [-0.05, 0) is 18.0 Å². The minimum atomic E-state index is 0.739. The summed E-state index contributed by atoms with van der Waals surface area (Å²) in [7, 11) is 1.84. The maximum atomic E-state index is 4.40. The van der Waals surface area contributed by atoms with Crippen molar-refractivity contribution in [3.63, 3.8) is 0 Å². The van der Waals surface area contributed by atoms with E-state index in [2.05, 4.69) is 25.3 Å². The first kappa shape index (κ1) is 12.1. The average Bonchev–Trinajstić information content (AvgIpc) is 2.39. The molecular weight excluding hydrogens is 254 g/mol. The van der Waals surface area contributed by atoms with Gasteiger partial charge in [0.25, 0.3) is 0 Å². The standard InChI is InChI=1S/C10H11N5S2/c1-11-7-5-8(15-10(14-7)16-2)17-9-6-12-3-4-13-9/h3-6H,1-2H3,(H,11,14,15). The van der Waals surface area contributed by atoms with E-state index < -0.39 is 0 Å². The summed E-state index contributed by atoms with van der Waals surface area (Å²) in [6.45, 7) is 0. The highest BCUT2D eigenvalue weighted by Gasteiger charge is 2.05. The minimum Gasteiger partial charge on any atom is -0.373 e. The van der Waals surface area contributed by atoms with Crippen molar-refractivity contribution < 1.29 is 0 Å². The Balaban J connectivity index is 2.26. The summed E-state index contributed by atoms with van der Waals surface area (Å²) in [6, 6.07) is 1.89. The van der Waals surface area contributed by atoms with E-state index >= 15 is 0 Å². The van der Waals surface area contributed by atoms with Crippen molar-refractivity contribution in [3.05, 3.63) is 24.7 Å². The van der Waals surface area contributed by atoms with Gasteiger partial charge in [0.05, 0.1) is 6.20 Å². The lowest BCUT2D eigenvalue weighted by Crippen LogP contribution is -1.97. The fourth-order valence-corrected chi connectivity index (χ4v) is 2.30. The topological polar surface area (TPSA) is 63.6 Å². The summed E-state index contributed by atoms with van der Waals surface area (Å²) < 4.78 is 0. The van der Waals surface area contributed by atoms with E-state index in [1.807, 2.05) is 19.4 Å². The van der Waals surface area contributed by atoms with Crippen LogP contribution in [0.4, 0.5) is 5.82 Å². The van der Waals surface area contributed by atoms with Crippen molar-refractivity contribution in [2.75, 3.05) is 18.6 Å². The lowest BCUT2D eigenvalue weighted by atomic mass is 10.6. The Morgan fingerprint density at radius 1 is 1.18 bits per heavy atom. The third-order valence-corrected chi connectivity index (χ3v) is 3.26. The maximum absolute atomic E-state index is 4.40. The zero-order valence-electron chi connectivity index (χ0n) is 9.41. The molecule has 2 aromatic heterocycles. The number of rotatable bonds is 4. The third kappa shape index (κ3) is 3.31. The van der Waals surface area contributed by atoms with Gasteiger partial charge >= 0.3 is 0 Å². The highest BCUT2D eigenvalue weighted by molar-refractivity contribution is 7.99. The van der Waals surface area contributed by atoms with Crippen LogP contribution in [0, 0.1) is 0 Å². The molecule has 0 aliphatic heterocycles. The van der Waals surface area contributed by atoms with Crippen LogP contribution in [0.5, 0.6) is 0 Å². The first-order valence-corrected chi connectivity index (χ1v) is 6.90. The van der Waals surface area contributed by atoms with Crippen molar-refractivity contribution in [2.24, 2.45) is 0 Å². The van der Waals surface area contributed by atoms with Crippen molar-refractivity contribution in [2.45, 2.75) is 15.2 Å². The van der Waals surface area contributed by atoms with E-state index in [9.17, 15) is 0 Å². The Hall–Kier alpha value is -1.34. The molecule has 0 aliphatic rings. The van der Waals surface area contributed by atoms with Crippen molar-refractivity contribution in [1.29, 1.82) is 0 Å². The third-order valence-electron chi connectivity index (χ3n) is 1.87. The highest BCUT2D eigenvalue weighted by Crippen LogP contribution is 2.26. The van der Waals surface area contributed by atoms with Gasteiger partial charge in [-0.25, -0.2) is 15.0 Å². The first-order chi connectivity index (χ1) is 8.31. The van der Waals surface area contributed by atoms with Gasteiger partial charge in [0.15, 0.2) is 5.16 Å². The molecule has 2 heterocycles. The minimum absolute atomic E-state index is 0.739. The van der Waals surface area contributed by atoms with Crippen LogP contribution in [-0.4, -0.2) is 33.2 Å². The second kappa shape index (κ2) is 5.83. The molecule has 0 amide bonds. The molecule has 88 valence electrons. The van der Waals surface area contributed by atoms with E-state index in [0.717, 1.165) is 21.0 Å². The van der Waals surface area contributed by atoms with Gasteiger partial charge in [0.2, 0.25) is 0 Å². The van der Waals surface area contributed by atoms with Gasteiger partial charge < -0.3 is 5.32 Å². The number of anilines is 1. The monoisotopic (exact) mass is 265 g/mol. The number of hydrogen-bond donors (Lipinski definition) is 1. The normalized spacial score (nSPS) is 10.2. The van der Waals surface area contributed by atoms with Gasteiger partial charge in [-0.2, -0.15) is 0 Å². The summed E-state index contributed by atoms with van der Waals surface area (Å²) in [5.74, 6) is 0.802. The number of thioether (sulfide) groups is 1. The molecule has 2 rings (SSSR count). The largest absolute Gasteiger partial charge is 0.373 e. The molecule has 0 bridgehead atoms. The van der Waals surface area contributed by atoms with E-state index in [1.165, 1.54) is 23.5 Å². The van der Waals surface area contributed by atoms with E-state index in [0.29, 0.717) is 0 Å². The van der Waals surface area contributed by atoms with E-state index in [4.69, 9.17) is 0 Å². The SMILES string of the molecule is CNc1cc(Sc2cnccn2)nc(SC)n1. The number of aromatic nitrogens is 4. The number of nitrogens with one attached hydrogen (secondary N) is 1. The lowest BCUT2D eigenvalue weighted by molar-refractivity contribution is 0.894. The summed E-state index contributed by atoms with van der Waals surface area (Å²) >= 11 is 2.98. The molecule has 0 atom stereocenters. The van der Waals surface area contributed by atoms with Crippen LogP contribution in [0.25, 0.3) is 0 Å². The Labute approximate surface area is 108 Å². The van der Waals surface area contributed by atoms with Crippen LogP contribution in [0.1, 0.15) is 0 Å². The summed E-state index contributed by atoms with van der Waals surface area (Å²) in [5.41, 5.74) is 0. The fourth-order valence-electron chi connectivity index (χ4n) is 1.12. The van der Waals surface area contributed by atoms with Gasteiger partial charge in [0, 0.05) is 25.5 Å². The van der Waals surface area contributed by atoms with Crippen LogP contribution in [0.2, 0.25) is 0 Å². The Kier molecular flexibility index (Phi) is 4.16. The molecule has 0 saturated heterocycles. The van der Waals surface area contributed by atoms with Gasteiger partial charge in [-0.1, -0.05) is 11.8 Å². The van der Waals surface area contributed by atoms with Gasteiger partial charge in [-0.3, -0.25) is 4.98 Å². The molecule has 17 heavy (non-hydrogen) atoms. The second-order valence-electron chi connectivity index (χ2n) is 2.97. The summed E-state index contributed by atoms with van der Waals surface area (Å²) in [5, 5.41) is 5.43. The predicted molar refractivity (Wildman–Crippen MR) is 69.5 cm³/mol. The maximum Gasteiger partial charge on any atom is 0.190 e. The molecule has 0 fully saturated rings. The zero-order valence-corrected chi connectivity index (χ0v) is 11.0. The van der Waals surface area contributed by atoms with Crippen LogP contribution >= 0.6 is 23.5 Å². The molecule has 0 radical (unpaired) electrons. The second-order valence-corrected chi connectivity index (χ2v) is 4.79. The van der Waals surface area contributed by atoms with E-state index in [1.54, 1.807) is 18.6 Å². The average molecular weight is 265 g/mol. The zero-order chi connectivity index (χ0) is 12.1. The smallest absolute Gasteiger partial charge is 0.190 e. The van der Waals surface area contributed by atoms with Crippen LogP contribution < -0.4 is 5.32 Å². The fraction of sp³-hybridized carbons (Fsp3) is 0.200. The van der Waals surface area contributed by atoms with Crippen molar-refractivity contribution in [1.82, 2.24) is 19.9 Å². The van der Waals surface area contributed by atoms with Crippen LogP contribution in [-0.2, 0) is 0 Å². The number of nitrogens with zero attached hydrogens (tertiary/aromatic N) is 4. The summed E-state index contributed by atoms with van der Waals surface area (Å²) in [6.07, 6.45) is 6.98. The quantitative estimate of drug-likeness (QED) is 0.516. The molecule has 1 N–H and O–H groups in total. The molecular formula is C10H11N5S2. The first-order valence-electron chi connectivity index (χ1n) is 4.86. The van der Waals surface area contributed by atoms with Crippen molar-refractivity contribution >= 4 is 29.3 Å². The van der Waals surface area contributed by atoms with Gasteiger partial charge in [-0.15, -0.1) is 0 Å². The lowest BCUT2D eigenvalue weighted by Gasteiger charge is -2.05. The van der Waals surface area contributed by atoms with Crippen LogP contribution in [0.15, 0.2) is 39.9 Å².